The standard InChI is InChI=1S/C11H20N2O3/c1-3-11(2,7-12)10(16)13-5-8(6-13)4-9(14)15/h8H,3-7,12H2,1-2H3,(H,14,15). The molecule has 0 spiro atoms. The van der Waals surface area contributed by atoms with Crippen molar-refractivity contribution in [1.29, 1.82) is 0 Å². The van der Waals surface area contributed by atoms with Gasteiger partial charge in [0, 0.05) is 25.6 Å². The van der Waals surface area contributed by atoms with Gasteiger partial charge in [0.05, 0.1) is 11.8 Å². The predicted molar refractivity (Wildman–Crippen MR) is 59.8 cm³/mol. The van der Waals surface area contributed by atoms with E-state index in [2.05, 4.69) is 0 Å². The molecule has 0 aromatic heterocycles. The molecule has 3 N–H and O–H groups in total. The van der Waals surface area contributed by atoms with Crippen molar-refractivity contribution in [2.45, 2.75) is 26.7 Å². The highest BCUT2D eigenvalue weighted by Gasteiger charge is 2.40. The fourth-order valence-electron chi connectivity index (χ4n) is 1.88. The second kappa shape index (κ2) is 4.82. The summed E-state index contributed by atoms with van der Waals surface area (Å²) in [7, 11) is 0. The number of nitrogens with zero attached hydrogens (tertiary/aromatic N) is 1. The summed E-state index contributed by atoms with van der Waals surface area (Å²) in [4.78, 5) is 24.2. The number of carboxylic acids is 1. The van der Waals surface area contributed by atoms with E-state index in [0.29, 0.717) is 26.1 Å². The molecule has 1 heterocycles. The van der Waals surface area contributed by atoms with Crippen LogP contribution in [0.2, 0.25) is 0 Å². The molecule has 1 saturated heterocycles. The van der Waals surface area contributed by atoms with Crippen molar-refractivity contribution in [3.63, 3.8) is 0 Å². The third kappa shape index (κ3) is 2.52. The third-order valence-corrected chi connectivity index (χ3v) is 3.45. The minimum Gasteiger partial charge on any atom is -0.481 e. The lowest BCUT2D eigenvalue weighted by molar-refractivity contribution is -0.151. The number of carbonyl (C=O) groups excluding carboxylic acids is 1. The lowest BCUT2D eigenvalue weighted by Crippen LogP contribution is -2.56. The average Bonchev–Trinajstić information content (AvgIpc) is 2.20. The largest absolute Gasteiger partial charge is 0.481 e. The Labute approximate surface area is 95.6 Å². The topological polar surface area (TPSA) is 83.6 Å². The Hall–Kier alpha value is -1.10. The van der Waals surface area contributed by atoms with Crippen LogP contribution in [-0.4, -0.2) is 41.5 Å². The summed E-state index contributed by atoms with van der Waals surface area (Å²) in [5.74, 6) is -0.631. The van der Waals surface area contributed by atoms with E-state index < -0.39 is 11.4 Å². The molecule has 1 atom stereocenters. The van der Waals surface area contributed by atoms with Gasteiger partial charge in [-0.1, -0.05) is 6.92 Å². The highest BCUT2D eigenvalue weighted by atomic mass is 16.4. The first kappa shape index (κ1) is 13.0. The molecule has 5 heteroatoms. The quantitative estimate of drug-likeness (QED) is 0.708. The molecule has 0 bridgehead atoms. The van der Waals surface area contributed by atoms with Gasteiger partial charge in [0.1, 0.15) is 0 Å². The smallest absolute Gasteiger partial charge is 0.303 e. The number of nitrogens with two attached hydrogens (primary N) is 1. The van der Waals surface area contributed by atoms with Gasteiger partial charge in [-0.3, -0.25) is 9.59 Å². The number of carboxylic acid groups (broad SMARTS) is 1. The third-order valence-electron chi connectivity index (χ3n) is 3.45. The number of carbonyl (C=O) groups is 2. The molecule has 0 saturated carbocycles. The van der Waals surface area contributed by atoms with Crippen LogP contribution >= 0.6 is 0 Å². The van der Waals surface area contributed by atoms with Gasteiger partial charge in [-0.2, -0.15) is 0 Å². The van der Waals surface area contributed by atoms with Gasteiger partial charge < -0.3 is 15.7 Å². The Bertz CT molecular complexity index is 281. The molecule has 1 aliphatic heterocycles. The maximum Gasteiger partial charge on any atom is 0.303 e. The highest BCUT2D eigenvalue weighted by molar-refractivity contribution is 5.83. The van der Waals surface area contributed by atoms with Crippen LogP contribution in [0.15, 0.2) is 0 Å². The zero-order valence-electron chi connectivity index (χ0n) is 9.90. The van der Waals surface area contributed by atoms with Gasteiger partial charge in [-0.25, -0.2) is 0 Å². The van der Waals surface area contributed by atoms with Crippen LogP contribution in [0.5, 0.6) is 0 Å². The summed E-state index contributed by atoms with van der Waals surface area (Å²) >= 11 is 0. The summed E-state index contributed by atoms with van der Waals surface area (Å²) in [6.45, 7) is 5.25. The van der Waals surface area contributed by atoms with Crippen LogP contribution in [0, 0.1) is 11.3 Å². The molecule has 92 valence electrons. The molecule has 1 unspecified atom stereocenters. The number of amides is 1. The van der Waals surface area contributed by atoms with Crippen molar-refractivity contribution in [2.24, 2.45) is 17.1 Å². The first-order valence-electron chi connectivity index (χ1n) is 5.64. The second-order valence-corrected chi connectivity index (χ2v) is 4.79. The van der Waals surface area contributed by atoms with Gasteiger partial charge in [0.2, 0.25) is 5.91 Å². The Morgan fingerprint density at radius 3 is 2.44 bits per heavy atom. The fourth-order valence-corrected chi connectivity index (χ4v) is 1.88. The van der Waals surface area contributed by atoms with Crippen molar-refractivity contribution >= 4 is 11.9 Å². The summed E-state index contributed by atoms with van der Waals surface area (Å²) in [5.41, 5.74) is 5.12. The van der Waals surface area contributed by atoms with Crippen molar-refractivity contribution in [3.05, 3.63) is 0 Å². The molecule has 1 amide bonds. The Morgan fingerprint density at radius 2 is 2.06 bits per heavy atom. The number of hydrogen-bond donors (Lipinski definition) is 2. The van der Waals surface area contributed by atoms with E-state index in [0.717, 1.165) is 0 Å². The number of rotatable bonds is 5. The zero-order chi connectivity index (χ0) is 12.3. The fraction of sp³-hybridized carbons (Fsp3) is 0.818. The van der Waals surface area contributed by atoms with E-state index in [4.69, 9.17) is 10.8 Å². The van der Waals surface area contributed by atoms with Crippen molar-refractivity contribution < 1.29 is 14.7 Å². The van der Waals surface area contributed by atoms with Gasteiger partial charge in [0.15, 0.2) is 0 Å². The van der Waals surface area contributed by atoms with Gasteiger partial charge in [-0.05, 0) is 13.3 Å². The Kier molecular flexibility index (Phi) is 3.91. The van der Waals surface area contributed by atoms with Crippen molar-refractivity contribution in [1.82, 2.24) is 4.90 Å². The summed E-state index contributed by atoms with van der Waals surface area (Å²) in [5, 5.41) is 8.60. The van der Waals surface area contributed by atoms with Crippen LogP contribution in [0.1, 0.15) is 26.7 Å². The van der Waals surface area contributed by atoms with E-state index >= 15 is 0 Å². The number of likely N-dealkylation sites (tertiary alicyclic amines) is 1. The maximum atomic E-state index is 12.0. The van der Waals surface area contributed by atoms with E-state index in [1.807, 2.05) is 13.8 Å². The van der Waals surface area contributed by atoms with Crippen molar-refractivity contribution in [2.75, 3.05) is 19.6 Å². The molecule has 0 aliphatic carbocycles. The molecular formula is C11H20N2O3. The summed E-state index contributed by atoms with van der Waals surface area (Å²) < 4.78 is 0. The Morgan fingerprint density at radius 1 is 1.50 bits per heavy atom. The van der Waals surface area contributed by atoms with Crippen LogP contribution in [0.25, 0.3) is 0 Å². The molecular weight excluding hydrogens is 208 g/mol. The number of aliphatic carboxylic acids is 1. The highest BCUT2D eigenvalue weighted by Crippen LogP contribution is 2.28. The van der Waals surface area contributed by atoms with E-state index in [9.17, 15) is 9.59 Å². The van der Waals surface area contributed by atoms with Gasteiger partial charge >= 0.3 is 5.97 Å². The average molecular weight is 228 g/mol. The normalized spacial score (nSPS) is 20.1. The first-order valence-corrected chi connectivity index (χ1v) is 5.64. The van der Waals surface area contributed by atoms with Gasteiger partial charge in [0.25, 0.3) is 0 Å². The monoisotopic (exact) mass is 228 g/mol. The SMILES string of the molecule is CCC(C)(CN)C(=O)N1CC(CC(=O)O)C1. The summed E-state index contributed by atoms with van der Waals surface area (Å²) in [6, 6.07) is 0. The summed E-state index contributed by atoms with van der Waals surface area (Å²) in [6.07, 6.45) is 0.859. The minimum atomic E-state index is -0.797. The molecule has 0 aromatic carbocycles. The minimum absolute atomic E-state index is 0.0548. The number of hydrogen-bond acceptors (Lipinski definition) is 3. The van der Waals surface area contributed by atoms with Crippen molar-refractivity contribution in [3.8, 4) is 0 Å². The van der Waals surface area contributed by atoms with Crippen LogP contribution < -0.4 is 5.73 Å². The molecule has 16 heavy (non-hydrogen) atoms. The zero-order valence-corrected chi connectivity index (χ0v) is 9.90. The predicted octanol–water partition coefficient (Wildman–Crippen LogP) is 0.295. The molecule has 0 radical (unpaired) electrons. The lowest BCUT2D eigenvalue weighted by Gasteiger charge is -2.43. The molecule has 1 rings (SSSR count). The second-order valence-electron chi connectivity index (χ2n) is 4.79. The van der Waals surface area contributed by atoms with Crippen LogP contribution in [0.4, 0.5) is 0 Å². The molecule has 1 aliphatic rings. The van der Waals surface area contributed by atoms with Crippen LogP contribution in [0.3, 0.4) is 0 Å². The molecule has 5 nitrogen and oxygen atoms in total. The van der Waals surface area contributed by atoms with E-state index in [1.54, 1.807) is 4.90 Å². The lowest BCUT2D eigenvalue weighted by atomic mass is 9.83. The van der Waals surface area contributed by atoms with Gasteiger partial charge in [-0.15, -0.1) is 0 Å². The molecule has 1 fully saturated rings. The Balaban J connectivity index is 2.45. The van der Waals surface area contributed by atoms with E-state index in [1.165, 1.54) is 0 Å². The van der Waals surface area contributed by atoms with Crippen LogP contribution in [-0.2, 0) is 9.59 Å². The first-order chi connectivity index (χ1) is 7.42. The molecule has 0 aromatic rings. The van der Waals surface area contributed by atoms with E-state index in [-0.39, 0.29) is 18.2 Å². The maximum absolute atomic E-state index is 12.0.